The molecule has 4 aromatic rings. The number of methoxy groups -OCH3 is 1. The predicted octanol–water partition coefficient (Wildman–Crippen LogP) is 4.12. The molecule has 0 amide bonds. The molecular weight excluding hydrogens is 374 g/mol. The second-order valence-electron chi connectivity index (χ2n) is 6.43. The van der Waals surface area contributed by atoms with Gasteiger partial charge < -0.3 is 9.14 Å². The molecule has 0 radical (unpaired) electrons. The van der Waals surface area contributed by atoms with Crippen molar-refractivity contribution >= 4 is 21.4 Å². The van der Waals surface area contributed by atoms with Crippen molar-refractivity contribution in [3.8, 4) is 17.0 Å². The van der Waals surface area contributed by atoms with E-state index in [9.17, 15) is 8.42 Å². The van der Waals surface area contributed by atoms with Crippen LogP contribution in [0.2, 0.25) is 0 Å². The lowest BCUT2D eigenvalue weighted by Crippen LogP contribution is -2.13. The smallest absolute Gasteiger partial charge is 0.262 e. The van der Waals surface area contributed by atoms with Crippen molar-refractivity contribution in [2.24, 2.45) is 0 Å². The number of imidazole rings is 1. The monoisotopic (exact) mass is 393 g/mol. The third kappa shape index (κ3) is 3.44. The van der Waals surface area contributed by atoms with Crippen LogP contribution in [0.1, 0.15) is 5.56 Å². The minimum absolute atomic E-state index is 0.193. The topological polar surface area (TPSA) is 72.7 Å². The molecule has 0 aliphatic heterocycles. The highest BCUT2D eigenvalue weighted by atomic mass is 32.2. The van der Waals surface area contributed by atoms with Gasteiger partial charge in [0.2, 0.25) is 0 Å². The number of anilines is 1. The zero-order valence-electron chi connectivity index (χ0n) is 15.5. The Morgan fingerprint density at radius 2 is 1.82 bits per heavy atom. The van der Waals surface area contributed by atoms with Crippen LogP contribution in [0.25, 0.3) is 16.9 Å². The van der Waals surface area contributed by atoms with Gasteiger partial charge in [0.25, 0.3) is 10.0 Å². The number of rotatable bonds is 5. The molecule has 0 saturated carbocycles. The summed E-state index contributed by atoms with van der Waals surface area (Å²) in [5.41, 5.74) is 3.69. The number of nitrogens with one attached hydrogen (secondary N) is 1. The number of aryl methyl sites for hydroxylation is 1. The standard InChI is InChI=1S/C21H19N3O3S/c1-15-6-9-17(10-7-15)28(25,26)23-18-13-16(8-11-20(18)27-2)19-14-24-12-4-3-5-21(24)22-19/h3-14,23H,1-2H3. The van der Waals surface area contributed by atoms with E-state index in [1.165, 1.54) is 7.11 Å². The first-order chi connectivity index (χ1) is 13.5. The molecule has 0 aliphatic rings. The van der Waals surface area contributed by atoms with Gasteiger partial charge in [-0.25, -0.2) is 13.4 Å². The number of nitrogens with zero attached hydrogens (tertiary/aromatic N) is 2. The SMILES string of the molecule is COc1ccc(-c2cn3ccccc3n2)cc1NS(=O)(=O)c1ccc(C)cc1. The van der Waals surface area contributed by atoms with Crippen molar-refractivity contribution in [3.05, 3.63) is 78.6 Å². The molecule has 0 aliphatic carbocycles. The third-order valence-corrected chi connectivity index (χ3v) is 5.82. The minimum atomic E-state index is -3.74. The number of hydrogen-bond donors (Lipinski definition) is 1. The zero-order chi connectivity index (χ0) is 19.7. The molecule has 28 heavy (non-hydrogen) atoms. The number of fused-ring (bicyclic) bond motifs is 1. The fourth-order valence-corrected chi connectivity index (χ4v) is 4.00. The predicted molar refractivity (Wildman–Crippen MR) is 109 cm³/mol. The van der Waals surface area contributed by atoms with Crippen molar-refractivity contribution in [1.82, 2.24) is 9.38 Å². The molecule has 6 nitrogen and oxygen atoms in total. The number of pyridine rings is 1. The van der Waals surface area contributed by atoms with Crippen molar-refractivity contribution in [1.29, 1.82) is 0 Å². The normalized spacial score (nSPS) is 11.5. The summed E-state index contributed by atoms with van der Waals surface area (Å²) < 4.78 is 35.5. The van der Waals surface area contributed by atoms with Crippen LogP contribution in [0.3, 0.4) is 0 Å². The van der Waals surface area contributed by atoms with E-state index >= 15 is 0 Å². The molecular formula is C21H19N3O3S. The summed E-state index contributed by atoms with van der Waals surface area (Å²) >= 11 is 0. The molecule has 2 heterocycles. The zero-order valence-corrected chi connectivity index (χ0v) is 16.3. The average molecular weight is 393 g/mol. The van der Waals surface area contributed by atoms with Crippen LogP contribution in [-0.2, 0) is 10.0 Å². The Morgan fingerprint density at radius 3 is 2.54 bits per heavy atom. The lowest BCUT2D eigenvalue weighted by Gasteiger charge is -2.13. The number of sulfonamides is 1. The first kappa shape index (κ1) is 18.1. The highest BCUT2D eigenvalue weighted by Crippen LogP contribution is 2.32. The first-order valence-corrected chi connectivity index (χ1v) is 10.2. The van der Waals surface area contributed by atoms with Crippen LogP contribution in [0.5, 0.6) is 5.75 Å². The van der Waals surface area contributed by atoms with E-state index in [-0.39, 0.29) is 4.90 Å². The second kappa shape index (κ2) is 7.01. The summed E-state index contributed by atoms with van der Waals surface area (Å²) in [6, 6.07) is 17.7. The Bertz CT molecular complexity index is 1210. The van der Waals surface area contributed by atoms with Crippen LogP contribution in [0.15, 0.2) is 78.0 Å². The van der Waals surface area contributed by atoms with E-state index in [1.54, 1.807) is 36.4 Å². The van der Waals surface area contributed by atoms with E-state index in [0.717, 1.165) is 22.5 Å². The lowest BCUT2D eigenvalue weighted by molar-refractivity contribution is 0.417. The van der Waals surface area contributed by atoms with Crippen molar-refractivity contribution in [3.63, 3.8) is 0 Å². The van der Waals surface area contributed by atoms with Gasteiger partial charge in [-0.05, 0) is 49.4 Å². The Morgan fingerprint density at radius 1 is 1.04 bits per heavy atom. The van der Waals surface area contributed by atoms with E-state index in [1.807, 2.05) is 48.0 Å². The van der Waals surface area contributed by atoms with Gasteiger partial charge in [0.1, 0.15) is 11.4 Å². The number of ether oxygens (including phenoxy) is 1. The van der Waals surface area contributed by atoms with Crippen molar-refractivity contribution < 1.29 is 13.2 Å². The summed E-state index contributed by atoms with van der Waals surface area (Å²) in [4.78, 5) is 4.78. The molecule has 0 spiro atoms. The van der Waals surface area contributed by atoms with E-state index < -0.39 is 10.0 Å². The number of aromatic nitrogens is 2. The molecule has 7 heteroatoms. The summed E-state index contributed by atoms with van der Waals surface area (Å²) in [6.45, 7) is 1.91. The molecule has 0 unspecified atom stereocenters. The summed E-state index contributed by atoms with van der Waals surface area (Å²) in [6.07, 6.45) is 3.81. The molecule has 0 atom stereocenters. The van der Waals surface area contributed by atoms with Gasteiger partial charge in [-0.2, -0.15) is 0 Å². The molecule has 0 bridgehead atoms. The van der Waals surface area contributed by atoms with E-state index in [4.69, 9.17) is 4.74 Å². The van der Waals surface area contributed by atoms with E-state index in [0.29, 0.717) is 11.4 Å². The molecule has 0 fully saturated rings. The quantitative estimate of drug-likeness (QED) is 0.554. The summed E-state index contributed by atoms with van der Waals surface area (Å²) in [5, 5.41) is 0. The fourth-order valence-electron chi connectivity index (χ4n) is 2.94. The maximum Gasteiger partial charge on any atom is 0.262 e. The maximum atomic E-state index is 12.8. The van der Waals surface area contributed by atoms with Crippen LogP contribution in [-0.4, -0.2) is 24.9 Å². The van der Waals surface area contributed by atoms with Crippen molar-refractivity contribution in [2.45, 2.75) is 11.8 Å². The lowest BCUT2D eigenvalue weighted by atomic mass is 10.1. The summed E-state index contributed by atoms with van der Waals surface area (Å²) in [7, 11) is -2.24. The second-order valence-corrected chi connectivity index (χ2v) is 8.11. The fraction of sp³-hybridized carbons (Fsp3) is 0.0952. The van der Waals surface area contributed by atoms with Gasteiger partial charge in [0.05, 0.1) is 23.4 Å². The largest absolute Gasteiger partial charge is 0.495 e. The van der Waals surface area contributed by atoms with Crippen LogP contribution >= 0.6 is 0 Å². The highest BCUT2D eigenvalue weighted by molar-refractivity contribution is 7.92. The number of hydrogen-bond acceptors (Lipinski definition) is 4. The molecule has 142 valence electrons. The Labute approximate surface area is 163 Å². The van der Waals surface area contributed by atoms with Crippen LogP contribution < -0.4 is 9.46 Å². The van der Waals surface area contributed by atoms with E-state index in [2.05, 4.69) is 9.71 Å². The average Bonchev–Trinajstić information content (AvgIpc) is 3.12. The van der Waals surface area contributed by atoms with Gasteiger partial charge >= 0.3 is 0 Å². The highest BCUT2D eigenvalue weighted by Gasteiger charge is 2.17. The molecule has 2 aromatic heterocycles. The Kier molecular flexibility index (Phi) is 4.52. The van der Waals surface area contributed by atoms with Crippen molar-refractivity contribution in [2.75, 3.05) is 11.8 Å². The first-order valence-electron chi connectivity index (χ1n) is 8.68. The molecule has 2 aromatic carbocycles. The molecule has 4 rings (SSSR count). The third-order valence-electron chi connectivity index (χ3n) is 4.43. The number of benzene rings is 2. The van der Waals surface area contributed by atoms with Gasteiger partial charge in [0, 0.05) is 18.0 Å². The van der Waals surface area contributed by atoms with Gasteiger partial charge in [0.15, 0.2) is 0 Å². The van der Waals surface area contributed by atoms with Crippen LogP contribution in [0, 0.1) is 6.92 Å². The Balaban J connectivity index is 1.73. The van der Waals surface area contributed by atoms with Crippen LogP contribution in [0.4, 0.5) is 5.69 Å². The van der Waals surface area contributed by atoms with Gasteiger partial charge in [-0.3, -0.25) is 4.72 Å². The summed E-state index contributed by atoms with van der Waals surface area (Å²) in [5.74, 6) is 0.434. The van der Waals surface area contributed by atoms with Gasteiger partial charge in [-0.15, -0.1) is 0 Å². The molecule has 1 N–H and O–H groups in total. The van der Waals surface area contributed by atoms with Gasteiger partial charge in [-0.1, -0.05) is 23.8 Å². The molecule has 0 saturated heterocycles. The maximum absolute atomic E-state index is 12.8. The Hall–Kier alpha value is -3.32. The minimum Gasteiger partial charge on any atom is -0.495 e.